The number of nitrogens with two attached hydrogens (primary N) is 1. The van der Waals surface area contributed by atoms with Crippen LogP contribution in [0.25, 0.3) is 0 Å². The van der Waals surface area contributed by atoms with E-state index in [4.69, 9.17) is 5.73 Å². The number of rotatable bonds is 3. The van der Waals surface area contributed by atoms with Crippen LogP contribution in [-0.4, -0.2) is 48.8 Å². The monoisotopic (exact) mass is 274 g/mol. The summed E-state index contributed by atoms with van der Waals surface area (Å²) in [5.74, 6) is 0.465. The van der Waals surface area contributed by atoms with Gasteiger partial charge in [-0.05, 0) is 12.1 Å². The Bertz CT molecular complexity index is 396. The fourth-order valence-electron chi connectivity index (χ4n) is 2.10. The molecular weight excluding hydrogens is 257 g/mol. The van der Waals surface area contributed by atoms with Crippen LogP contribution in [-0.2, 0) is 0 Å². The molecule has 1 saturated heterocycles. The zero-order chi connectivity index (χ0) is 13.9. The zero-order valence-corrected chi connectivity index (χ0v) is 10.5. The molecule has 2 rings (SSSR count). The van der Waals surface area contributed by atoms with Crippen LogP contribution in [0.4, 0.5) is 24.7 Å². The second kappa shape index (κ2) is 5.64. The number of alkyl halides is 3. The van der Waals surface area contributed by atoms with Gasteiger partial charge in [-0.15, -0.1) is 0 Å². The quantitative estimate of drug-likeness (QED) is 0.912. The summed E-state index contributed by atoms with van der Waals surface area (Å²) in [4.78, 5) is 7.97. The summed E-state index contributed by atoms with van der Waals surface area (Å²) in [5, 5.41) is 0. The van der Waals surface area contributed by atoms with Crippen molar-refractivity contribution in [2.45, 2.75) is 12.6 Å². The highest BCUT2D eigenvalue weighted by molar-refractivity contribution is 5.48. The molecule has 0 aromatic carbocycles. The highest BCUT2D eigenvalue weighted by atomic mass is 19.4. The predicted octanol–water partition coefficient (Wildman–Crippen LogP) is 1.74. The molecule has 0 unspecified atom stereocenters. The van der Waals surface area contributed by atoms with Crippen molar-refractivity contribution in [3.8, 4) is 0 Å². The topological polar surface area (TPSA) is 45.4 Å². The molecule has 4 nitrogen and oxygen atoms in total. The zero-order valence-electron chi connectivity index (χ0n) is 10.5. The molecule has 0 atom stereocenters. The molecule has 106 valence electrons. The molecule has 19 heavy (non-hydrogen) atoms. The number of aromatic nitrogens is 1. The van der Waals surface area contributed by atoms with Crippen molar-refractivity contribution in [1.82, 2.24) is 9.88 Å². The second-order valence-electron chi connectivity index (χ2n) is 4.64. The number of piperazine rings is 1. The summed E-state index contributed by atoms with van der Waals surface area (Å²) in [5.41, 5.74) is 6.48. The summed E-state index contributed by atoms with van der Waals surface area (Å²) < 4.78 is 36.4. The van der Waals surface area contributed by atoms with Crippen LogP contribution in [0.1, 0.15) is 6.42 Å². The van der Waals surface area contributed by atoms with Gasteiger partial charge in [-0.3, -0.25) is 4.90 Å². The fraction of sp³-hybridized carbons (Fsp3) is 0.583. The average molecular weight is 274 g/mol. The highest BCUT2D eigenvalue weighted by Crippen LogP contribution is 2.21. The lowest BCUT2D eigenvalue weighted by atomic mass is 10.2. The molecule has 1 aliphatic heterocycles. The summed E-state index contributed by atoms with van der Waals surface area (Å²) in [6, 6.07) is 3.61. The third-order valence-corrected chi connectivity index (χ3v) is 3.22. The van der Waals surface area contributed by atoms with Crippen molar-refractivity contribution in [3.05, 3.63) is 18.3 Å². The van der Waals surface area contributed by atoms with Gasteiger partial charge in [-0.1, -0.05) is 0 Å². The van der Waals surface area contributed by atoms with E-state index in [1.165, 1.54) is 0 Å². The first kappa shape index (κ1) is 13.9. The predicted molar refractivity (Wildman–Crippen MR) is 68.0 cm³/mol. The first-order valence-corrected chi connectivity index (χ1v) is 6.20. The number of halogens is 3. The van der Waals surface area contributed by atoms with Gasteiger partial charge < -0.3 is 10.6 Å². The van der Waals surface area contributed by atoms with Gasteiger partial charge in [0.05, 0.1) is 18.3 Å². The molecule has 0 aliphatic carbocycles. The first-order valence-electron chi connectivity index (χ1n) is 6.20. The number of pyridine rings is 1. The maximum atomic E-state index is 12.1. The van der Waals surface area contributed by atoms with E-state index >= 15 is 0 Å². The normalized spacial score (nSPS) is 17.7. The van der Waals surface area contributed by atoms with Gasteiger partial charge in [-0.2, -0.15) is 13.2 Å². The molecule has 0 radical (unpaired) electrons. The van der Waals surface area contributed by atoms with Gasteiger partial charge in [0.1, 0.15) is 5.82 Å². The molecule has 7 heteroatoms. The molecule has 1 aliphatic rings. The minimum absolute atomic E-state index is 0.0807. The smallest absolute Gasteiger partial charge is 0.384 e. The number of hydrogen-bond acceptors (Lipinski definition) is 4. The molecule has 0 bridgehead atoms. The van der Waals surface area contributed by atoms with Crippen molar-refractivity contribution >= 4 is 11.5 Å². The van der Waals surface area contributed by atoms with Crippen LogP contribution in [0.5, 0.6) is 0 Å². The Morgan fingerprint density at radius 2 is 1.84 bits per heavy atom. The minimum atomic E-state index is -4.07. The molecule has 0 spiro atoms. The third-order valence-electron chi connectivity index (χ3n) is 3.22. The Balaban J connectivity index is 1.81. The van der Waals surface area contributed by atoms with E-state index in [-0.39, 0.29) is 6.54 Å². The van der Waals surface area contributed by atoms with E-state index in [1.807, 2.05) is 11.0 Å². The van der Waals surface area contributed by atoms with Crippen LogP contribution in [0.15, 0.2) is 18.3 Å². The van der Waals surface area contributed by atoms with Crippen molar-refractivity contribution in [2.24, 2.45) is 0 Å². The average Bonchev–Trinajstić information content (AvgIpc) is 2.37. The molecule has 0 saturated carbocycles. The van der Waals surface area contributed by atoms with Crippen LogP contribution in [0.3, 0.4) is 0 Å². The van der Waals surface area contributed by atoms with Gasteiger partial charge in [0, 0.05) is 32.7 Å². The van der Waals surface area contributed by atoms with Crippen LogP contribution >= 0.6 is 0 Å². The van der Waals surface area contributed by atoms with Crippen LogP contribution in [0.2, 0.25) is 0 Å². The van der Waals surface area contributed by atoms with E-state index in [9.17, 15) is 13.2 Å². The van der Waals surface area contributed by atoms with Gasteiger partial charge in [-0.25, -0.2) is 4.98 Å². The Morgan fingerprint density at radius 3 is 2.37 bits per heavy atom. The summed E-state index contributed by atoms with van der Waals surface area (Å²) in [7, 11) is 0. The minimum Gasteiger partial charge on any atom is -0.384 e. The van der Waals surface area contributed by atoms with Gasteiger partial charge >= 0.3 is 6.18 Å². The Hall–Kier alpha value is -1.50. The van der Waals surface area contributed by atoms with Crippen molar-refractivity contribution in [2.75, 3.05) is 43.4 Å². The summed E-state index contributed by atoms with van der Waals surface area (Å²) in [6.07, 6.45) is -3.12. The van der Waals surface area contributed by atoms with E-state index in [1.54, 1.807) is 12.3 Å². The lowest BCUT2D eigenvalue weighted by Gasteiger charge is -2.36. The van der Waals surface area contributed by atoms with Gasteiger partial charge in [0.25, 0.3) is 0 Å². The Morgan fingerprint density at radius 1 is 1.16 bits per heavy atom. The third kappa shape index (κ3) is 4.27. The maximum Gasteiger partial charge on any atom is 0.390 e. The number of anilines is 2. The molecule has 2 heterocycles. The Kier molecular flexibility index (Phi) is 4.14. The Labute approximate surface area is 110 Å². The van der Waals surface area contributed by atoms with Crippen molar-refractivity contribution in [1.29, 1.82) is 0 Å². The molecular formula is C12H17F3N4. The summed E-state index contributed by atoms with van der Waals surface area (Å²) >= 11 is 0. The van der Waals surface area contributed by atoms with Crippen LogP contribution < -0.4 is 10.6 Å². The second-order valence-corrected chi connectivity index (χ2v) is 4.64. The highest BCUT2D eigenvalue weighted by Gasteiger charge is 2.28. The standard InChI is InChI=1S/C12H17F3N4/c13-12(14,15)3-4-18-5-7-19(8-6-18)10-1-2-11(16)17-9-10/h1-2,9H,3-8H2,(H2,16,17). The first-order chi connectivity index (χ1) is 8.94. The molecule has 2 N–H and O–H groups in total. The van der Waals surface area contributed by atoms with Crippen LogP contribution in [0, 0.1) is 0 Å². The van der Waals surface area contributed by atoms with E-state index in [2.05, 4.69) is 9.88 Å². The van der Waals surface area contributed by atoms with E-state index in [0.717, 1.165) is 5.69 Å². The SMILES string of the molecule is Nc1ccc(N2CCN(CCC(F)(F)F)CC2)cn1. The molecule has 0 amide bonds. The van der Waals surface area contributed by atoms with E-state index < -0.39 is 12.6 Å². The molecule has 1 aromatic heterocycles. The molecule has 1 fully saturated rings. The van der Waals surface area contributed by atoms with E-state index in [0.29, 0.717) is 32.0 Å². The lowest BCUT2D eigenvalue weighted by molar-refractivity contribution is -0.138. The van der Waals surface area contributed by atoms with Crippen molar-refractivity contribution in [3.63, 3.8) is 0 Å². The largest absolute Gasteiger partial charge is 0.390 e. The molecule has 1 aromatic rings. The number of nitrogen functional groups attached to an aromatic ring is 1. The number of hydrogen-bond donors (Lipinski definition) is 1. The van der Waals surface area contributed by atoms with Gasteiger partial charge in [0.2, 0.25) is 0 Å². The maximum absolute atomic E-state index is 12.1. The fourth-order valence-corrected chi connectivity index (χ4v) is 2.10. The van der Waals surface area contributed by atoms with Crippen molar-refractivity contribution < 1.29 is 13.2 Å². The summed E-state index contributed by atoms with van der Waals surface area (Å²) in [6.45, 7) is 2.78. The number of nitrogens with zero attached hydrogens (tertiary/aromatic N) is 3. The lowest BCUT2D eigenvalue weighted by Crippen LogP contribution is -2.47. The van der Waals surface area contributed by atoms with Gasteiger partial charge in [0.15, 0.2) is 0 Å².